The van der Waals surface area contributed by atoms with Gasteiger partial charge in [0.2, 0.25) is 0 Å². The Morgan fingerprint density at radius 2 is 2.04 bits per heavy atom. The number of carbonyl (C=O) groups is 1. The largest absolute Gasteiger partial charge is 0.467 e. The smallest absolute Gasteiger partial charge is 0.293 e. The van der Waals surface area contributed by atoms with E-state index in [1.165, 1.54) is 6.07 Å². The van der Waals surface area contributed by atoms with Gasteiger partial charge in [-0.3, -0.25) is 14.7 Å². The summed E-state index contributed by atoms with van der Waals surface area (Å²) in [6, 6.07) is 7.15. The number of carbonyl (C=O) groups excluding carboxylic acids is 1. The van der Waals surface area contributed by atoms with Gasteiger partial charge in [0.15, 0.2) is 0 Å². The molecule has 1 aromatic carbocycles. The minimum absolute atomic E-state index is 0.205. The summed E-state index contributed by atoms with van der Waals surface area (Å²) in [6.07, 6.45) is 1.81. The molecule has 0 aliphatic heterocycles. The highest BCUT2D eigenvalue weighted by atomic mass is 19.1. The normalized spacial score (nSPS) is 10.8. The van der Waals surface area contributed by atoms with Crippen molar-refractivity contribution < 1.29 is 13.9 Å². The van der Waals surface area contributed by atoms with E-state index in [0.29, 0.717) is 31.7 Å². The third-order valence-corrected chi connectivity index (χ3v) is 3.78. The first kappa shape index (κ1) is 17.1. The van der Waals surface area contributed by atoms with Crippen LogP contribution in [0.1, 0.15) is 16.8 Å². The topological polar surface area (TPSA) is 42.4 Å². The van der Waals surface area contributed by atoms with Crippen LogP contribution in [0.15, 0.2) is 30.5 Å². The Kier molecular flexibility index (Phi) is 5.82. The lowest BCUT2D eigenvalue weighted by molar-refractivity contribution is -0.129. The summed E-state index contributed by atoms with van der Waals surface area (Å²) >= 11 is 0. The molecule has 4 nitrogen and oxygen atoms in total. The molecule has 2 rings (SSSR count). The molecule has 0 aliphatic carbocycles. The zero-order valence-corrected chi connectivity index (χ0v) is 13.7. The van der Waals surface area contributed by atoms with Crippen LogP contribution in [0.3, 0.4) is 0 Å². The molecule has 1 heterocycles. The zero-order valence-electron chi connectivity index (χ0n) is 13.7. The van der Waals surface area contributed by atoms with E-state index in [-0.39, 0.29) is 5.82 Å². The monoisotopic (exact) mass is 316 g/mol. The first-order valence-electron chi connectivity index (χ1n) is 7.47. The number of nitrogens with zero attached hydrogens (tertiary/aromatic N) is 2. The lowest BCUT2D eigenvalue weighted by Crippen LogP contribution is -2.23. The molecule has 0 aliphatic rings. The number of hydrogen-bond donors (Lipinski definition) is 0. The molecule has 0 radical (unpaired) electrons. The number of hydrogen-bond acceptors (Lipinski definition) is 4. The van der Waals surface area contributed by atoms with Crippen LogP contribution in [-0.2, 0) is 16.1 Å². The second kappa shape index (κ2) is 7.83. The van der Waals surface area contributed by atoms with Crippen LogP contribution >= 0.6 is 0 Å². The Morgan fingerprint density at radius 1 is 1.26 bits per heavy atom. The average molecular weight is 316 g/mol. The van der Waals surface area contributed by atoms with E-state index in [1.807, 2.05) is 20.0 Å². The Morgan fingerprint density at radius 3 is 2.74 bits per heavy atom. The van der Waals surface area contributed by atoms with Crippen molar-refractivity contribution in [3.8, 4) is 11.1 Å². The van der Waals surface area contributed by atoms with Crippen molar-refractivity contribution in [3.05, 3.63) is 53.1 Å². The molecule has 0 saturated carbocycles. The molecule has 0 N–H and O–H groups in total. The molecular formula is C18H21FN2O2. The first-order chi connectivity index (χ1) is 11.0. The average Bonchev–Trinajstić information content (AvgIpc) is 2.52. The second-order valence-corrected chi connectivity index (χ2v) is 5.64. The molecule has 0 fully saturated rings. The van der Waals surface area contributed by atoms with Crippen molar-refractivity contribution in [1.29, 1.82) is 0 Å². The van der Waals surface area contributed by atoms with Gasteiger partial charge in [-0.15, -0.1) is 0 Å². The summed E-state index contributed by atoms with van der Waals surface area (Å²) in [7, 11) is 1.96. The van der Waals surface area contributed by atoms with Crippen LogP contribution in [0.2, 0.25) is 0 Å². The van der Waals surface area contributed by atoms with Crippen molar-refractivity contribution in [2.75, 3.05) is 20.2 Å². The van der Waals surface area contributed by atoms with Gasteiger partial charge in [0.1, 0.15) is 12.4 Å². The Balaban J connectivity index is 2.18. The van der Waals surface area contributed by atoms with Crippen molar-refractivity contribution in [1.82, 2.24) is 9.88 Å². The lowest BCUT2D eigenvalue weighted by atomic mass is 10.0. The fraction of sp³-hybridized carbons (Fsp3) is 0.333. The van der Waals surface area contributed by atoms with E-state index in [4.69, 9.17) is 4.74 Å². The van der Waals surface area contributed by atoms with E-state index in [2.05, 4.69) is 16.0 Å². The van der Waals surface area contributed by atoms with Crippen LogP contribution in [0.4, 0.5) is 4.39 Å². The molecule has 23 heavy (non-hydrogen) atoms. The zero-order chi connectivity index (χ0) is 16.8. The van der Waals surface area contributed by atoms with Gasteiger partial charge in [-0.25, -0.2) is 4.39 Å². The predicted octanol–water partition coefficient (Wildman–Crippen LogP) is 3.11. The molecule has 0 atom stereocenters. The Labute approximate surface area is 135 Å². The summed E-state index contributed by atoms with van der Waals surface area (Å²) in [4.78, 5) is 16.7. The van der Waals surface area contributed by atoms with E-state index >= 15 is 0 Å². The fourth-order valence-electron chi connectivity index (χ4n) is 2.35. The number of pyridine rings is 1. The van der Waals surface area contributed by atoms with Gasteiger partial charge in [-0.2, -0.15) is 0 Å². The summed E-state index contributed by atoms with van der Waals surface area (Å²) in [5, 5.41) is 0. The summed E-state index contributed by atoms with van der Waals surface area (Å²) in [5.41, 5.74) is 4.58. The Hall–Kier alpha value is -2.27. The van der Waals surface area contributed by atoms with Crippen molar-refractivity contribution in [2.45, 2.75) is 20.4 Å². The minimum Gasteiger partial charge on any atom is -0.467 e. The van der Waals surface area contributed by atoms with Crippen molar-refractivity contribution >= 4 is 6.47 Å². The van der Waals surface area contributed by atoms with Gasteiger partial charge in [0.05, 0.1) is 0 Å². The quantitative estimate of drug-likeness (QED) is 0.581. The van der Waals surface area contributed by atoms with Crippen LogP contribution < -0.4 is 0 Å². The summed E-state index contributed by atoms with van der Waals surface area (Å²) in [6.45, 7) is 5.89. The summed E-state index contributed by atoms with van der Waals surface area (Å²) in [5.74, 6) is -0.205. The van der Waals surface area contributed by atoms with Gasteiger partial charge < -0.3 is 4.74 Å². The summed E-state index contributed by atoms with van der Waals surface area (Å²) < 4.78 is 18.1. The lowest BCUT2D eigenvalue weighted by Gasteiger charge is -2.17. The molecule has 2 aromatic rings. The second-order valence-electron chi connectivity index (χ2n) is 5.64. The fourth-order valence-corrected chi connectivity index (χ4v) is 2.35. The van der Waals surface area contributed by atoms with Gasteiger partial charge in [0.25, 0.3) is 6.47 Å². The van der Waals surface area contributed by atoms with Gasteiger partial charge in [-0.05, 0) is 55.8 Å². The maximum atomic E-state index is 13.4. The van der Waals surface area contributed by atoms with Crippen LogP contribution in [0.5, 0.6) is 0 Å². The number of benzene rings is 1. The molecule has 0 saturated heterocycles. The highest BCUT2D eigenvalue weighted by Gasteiger charge is 2.08. The number of rotatable bonds is 7. The number of aryl methyl sites for hydroxylation is 2. The van der Waals surface area contributed by atoms with Crippen molar-refractivity contribution in [2.24, 2.45) is 0 Å². The molecule has 1 aromatic heterocycles. The predicted molar refractivity (Wildman–Crippen MR) is 87.5 cm³/mol. The van der Waals surface area contributed by atoms with E-state index in [0.717, 1.165) is 22.4 Å². The van der Waals surface area contributed by atoms with Gasteiger partial charge in [0, 0.05) is 30.5 Å². The molecular weight excluding hydrogens is 295 g/mol. The maximum Gasteiger partial charge on any atom is 0.293 e. The SMILES string of the molecule is Cc1cc(-c2cnc(C)c(CN(C)CCOC=O)c2)ccc1F. The van der Waals surface area contributed by atoms with E-state index in [1.54, 1.807) is 19.2 Å². The number of likely N-dealkylation sites (N-methyl/N-ethyl adjacent to an activating group) is 1. The molecule has 0 amide bonds. The minimum atomic E-state index is -0.205. The van der Waals surface area contributed by atoms with Gasteiger partial charge in [-0.1, -0.05) is 6.07 Å². The molecule has 0 spiro atoms. The highest BCUT2D eigenvalue weighted by molar-refractivity contribution is 5.64. The molecule has 0 bridgehead atoms. The van der Waals surface area contributed by atoms with Crippen LogP contribution in [-0.4, -0.2) is 36.6 Å². The highest BCUT2D eigenvalue weighted by Crippen LogP contribution is 2.23. The van der Waals surface area contributed by atoms with Crippen LogP contribution in [0.25, 0.3) is 11.1 Å². The molecule has 122 valence electrons. The van der Waals surface area contributed by atoms with Crippen LogP contribution in [0, 0.1) is 19.7 Å². The standard InChI is InChI=1S/C18H21FN2O2/c1-13-8-15(4-5-18(13)19)16-9-17(14(2)20-10-16)11-21(3)6-7-23-12-22/h4-5,8-10,12H,6-7,11H2,1-3H3. The molecule has 5 heteroatoms. The first-order valence-corrected chi connectivity index (χ1v) is 7.47. The third kappa shape index (κ3) is 4.60. The number of ether oxygens (including phenoxy) is 1. The number of aromatic nitrogens is 1. The Bertz CT molecular complexity index is 689. The van der Waals surface area contributed by atoms with E-state index < -0.39 is 0 Å². The van der Waals surface area contributed by atoms with Gasteiger partial charge >= 0.3 is 0 Å². The molecule has 0 unspecified atom stereocenters. The van der Waals surface area contributed by atoms with Crippen molar-refractivity contribution in [3.63, 3.8) is 0 Å². The van der Waals surface area contributed by atoms with E-state index in [9.17, 15) is 9.18 Å². The third-order valence-electron chi connectivity index (χ3n) is 3.78. The number of halogens is 1. The maximum absolute atomic E-state index is 13.4.